The van der Waals surface area contributed by atoms with E-state index in [9.17, 15) is 4.79 Å². The van der Waals surface area contributed by atoms with Crippen LogP contribution in [-0.4, -0.2) is 43.5 Å². The molecule has 0 aromatic carbocycles. The zero-order valence-electron chi connectivity index (χ0n) is 14.2. The average Bonchev–Trinajstić information content (AvgIpc) is 3.15. The van der Waals surface area contributed by atoms with E-state index in [1.807, 2.05) is 35.7 Å². The van der Waals surface area contributed by atoms with E-state index < -0.39 is 0 Å². The molecule has 2 heterocycles. The maximum Gasteiger partial charge on any atom is 0.261 e. The van der Waals surface area contributed by atoms with Crippen molar-refractivity contribution >= 4 is 47.2 Å². The second-order valence-corrected chi connectivity index (χ2v) is 6.03. The predicted molar refractivity (Wildman–Crippen MR) is 114 cm³/mol. The molecule has 2 aromatic rings. The third-order valence-corrected chi connectivity index (χ3v) is 4.17. The van der Waals surface area contributed by atoms with Gasteiger partial charge in [0.25, 0.3) is 5.91 Å². The number of aromatic nitrogens is 1. The van der Waals surface area contributed by atoms with E-state index in [0.29, 0.717) is 6.54 Å². The molecule has 1 amide bonds. The standard InChI is InChI=1S/C17H23N5OS.HI/c1-18-17(22-12-8-14-6-2-3-9-19-14)21-11-5-10-20-16(23)15-7-4-13-24-15;/h2-4,6-7,9,13H,5,8,10-12H2,1H3,(H,20,23)(H2,18,21,22);1H. The summed E-state index contributed by atoms with van der Waals surface area (Å²) in [5, 5.41) is 11.3. The number of carbonyl (C=O) groups excluding carboxylic acids is 1. The minimum absolute atomic E-state index is 0. The lowest BCUT2D eigenvalue weighted by atomic mass is 10.3. The van der Waals surface area contributed by atoms with Crippen LogP contribution in [0.5, 0.6) is 0 Å². The molecule has 3 N–H and O–H groups in total. The lowest BCUT2D eigenvalue weighted by Gasteiger charge is -2.11. The van der Waals surface area contributed by atoms with Crippen molar-refractivity contribution in [2.75, 3.05) is 26.7 Å². The first-order chi connectivity index (χ1) is 11.8. The number of thiophene rings is 1. The topological polar surface area (TPSA) is 78.4 Å². The molecule has 0 radical (unpaired) electrons. The number of hydrogen-bond donors (Lipinski definition) is 3. The highest BCUT2D eigenvalue weighted by Crippen LogP contribution is 2.07. The van der Waals surface area contributed by atoms with E-state index in [-0.39, 0.29) is 29.9 Å². The van der Waals surface area contributed by atoms with Gasteiger partial charge in [-0.05, 0) is 30.0 Å². The first-order valence-electron chi connectivity index (χ1n) is 7.95. The van der Waals surface area contributed by atoms with Crippen LogP contribution in [0.3, 0.4) is 0 Å². The van der Waals surface area contributed by atoms with Crippen LogP contribution in [-0.2, 0) is 6.42 Å². The van der Waals surface area contributed by atoms with Crippen molar-refractivity contribution < 1.29 is 4.79 Å². The van der Waals surface area contributed by atoms with Gasteiger partial charge in [-0.1, -0.05) is 12.1 Å². The van der Waals surface area contributed by atoms with Gasteiger partial charge in [-0.2, -0.15) is 0 Å². The van der Waals surface area contributed by atoms with Crippen molar-refractivity contribution in [1.82, 2.24) is 20.9 Å². The highest BCUT2D eigenvalue weighted by atomic mass is 127. The highest BCUT2D eigenvalue weighted by molar-refractivity contribution is 14.0. The number of aliphatic imine (C=N–C) groups is 1. The van der Waals surface area contributed by atoms with Crippen LogP contribution < -0.4 is 16.0 Å². The number of pyridine rings is 1. The fraction of sp³-hybridized carbons (Fsp3) is 0.353. The average molecular weight is 473 g/mol. The number of halogens is 1. The van der Waals surface area contributed by atoms with Crippen LogP contribution in [0.2, 0.25) is 0 Å². The molecule has 6 nitrogen and oxygen atoms in total. The molecular formula is C17H24IN5OS. The smallest absolute Gasteiger partial charge is 0.261 e. The van der Waals surface area contributed by atoms with Gasteiger partial charge in [0.15, 0.2) is 5.96 Å². The number of nitrogens with zero attached hydrogens (tertiary/aromatic N) is 2. The van der Waals surface area contributed by atoms with E-state index in [0.717, 1.165) is 42.5 Å². The van der Waals surface area contributed by atoms with Crippen LogP contribution in [0.25, 0.3) is 0 Å². The van der Waals surface area contributed by atoms with E-state index in [1.54, 1.807) is 13.2 Å². The predicted octanol–water partition coefficient (Wildman–Crippen LogP) is 2.29. The molecule has 0 bridgehead atoms. The zero-order chi connectivity index (χ0) is 17.0. The largest absolute Gasteiger partial charge is 0.356 e. The molecule has 0 saturated heterocycles. The van der Waals surface area contributed by atoms with Gasteiger partial charge < -0.3 is 16.0 Å². The van der Waals surface area contributed by atoms with Crippen molar-refractivity contribution in [2.45, 2.75) is 12.8 Å². The first kappa shape index (κ1) is 21.4. The number of rotatable bonds is 8. The van der Waals surface area contributed by atoms with E-state index >= 15 is 0 Å². The molecule has 8 heteroatoms. The molecule has 0 aliphatic heterocycles. The van der Waals surface area contributed by atoms with Crippen molar-refractivity contribution in [3.8, 4) is 0 Å². The van der Waals surface area contributed by atoms with Crippen molar-refractivity contribution in [3.05, 3.63) is 52.5 Å². The van der Waals surface area contributed by atoms with Crippen LogP contribution >= 0.6 is 35.3 Å². The molecule has 0 spiro atoms. The molecule has 0 aliphatic rings. The van der Waals surface area contributed by atoms with E-state index in [1.165, 1.54) is 11.3 Å². The van der Waals surface area contributed by atoms with Gasteiger partial charge >= 0.3 is 0 Å². The summed E-state index contributed by atoms with van der Waals surface area (Å²) in [5.74, 6) is 0.749. The van der Waals surface area contributed by atoms with Crippen molar-refractivity contribution in [2.24, 2.45) is 4.99 Å². The summed E-state index contributed by atoms with van der Waals surface area (Å²) in [7, 11) is 1.74. The third-order valence-electron chi connectivity index (χ3n) is 3.30. The highest BCUT2D eigenvalue weighted by Gasteiger charge is 2.04. The SMILES string of the molecule is CN=C(NCCCNC(=O)c1cccs1)NCCc1ccccn1.I. The monoisotopic (exact) mass is 473 g/mol. The molecule has 136 valence electrons. The number of nitrogens with one attached hydrogen (secondary N) is 3. The second kappa shape index (κ2) is 12.6. The Kier molecular flexibility index (Phi) is 10.8. The fourth-order valence-electron chi connectivity index (χ4n) is 2.07. The Balaban J connectivity index is 0.00000312. The molecular weight excluding hydrogens is 449 g/mol. The van der Waals surface area contributed by atoms with Gasteiger partial charge in [-0.25, -0.2) is 0 Å². The summed E-state index contributed by atoms with van der Waals surface area (Å²) < 4.78 is 0. The lowest BCUT2D eigenvalue weighted by Crippen LogP contribution is -2.39. The summed E-state index contributed by atoms with van der Waals surface area (Å²) in [4.78, 5) is 21.0. The Morgan fingerprint density at radius 3 is 2.60 bits per heavy atom. The maximum atomic E-state index is 11.8. The molecule has 0 fully saturated rings. The van der Waals surface area contributed by atoms with Crippen LogP contribution in [0.4, 0.5) is 0 Å². The van der Waals surface area contributed by atoms with Gasteiger partial charge in [0.05, 0.1) is 4.88 Å². The first-order valence-corrected chi connectivity index (χ1v) is 8.83. The van der Waals surface area contributed by atoms with E-state index in [4.69, 9.17) is 0 Å². The summed E-state index contributed by atoms with van der Waals surface area (Å²) in [5.41, 5.74) is 1.05. The Hall–Kier alpha value is -1.68. The minimum Gasteiger partial charge on any atom is -0.356 e. The molecule has 0 aliphatic carbocycles. The Morgan fingerprint density at radius 1 is 1.12 bits per heavy atom. The van der Waals surface area contributed by atoms with Gasteiger partial charge in [0.1, 0.15) is 0 Å². The fourth-order valence-corrected chi connectivity index (χ4v) is 2.71. The summed E-state index contributed by atoms with van der Waals surface area (Å²) >= 11 is 1.45. The summed E-state index contributed by atoms with van der Waals surface area (Å²) in [6.07, 6.45) is 3.48. The lowest BCUT2D eigenvalue weighted by molar-refractivity contribution is 0.0957. The number of hydrogen-bond acceptors (Lipinski definition) is 4. The van der Waals surface area contributed by atoms with Crippen LogP contribution in [0.1, 0.15) is 21.8 Å². The summed E-state index contributed by atoms with van der Waals surface area (Å²) in [6.45, 7) is 2.15. The molecule has 0 saturated carbocycles. The Bertz CT molecular complexity index is 634. The molecule has 0 unspecified atom stereocenters. The van der Waals surface area contributed by atoms with Gasteiger partial charge in [-0.3, -0.25) is 14.8 Å². The van der Waals surface area contributed by atoms with Crippen molar-refractivity contribution in [3.63, 3.8) is 0 Å². The number of amides is 1. The third kappa shape index (κ3) is 8.30. The molecule has 25 heavy (non-hydrogen) atoms. The van der Waals surface area contributed by atoms with Crippen molar-refractivity contribution in [1.29, 1.82) is 0 Å². The van der Waals surface area contributed by atoms with E-state index in [2.05, 4.69) is 25.9 Å². The zero-order valence-corrected chi connectivity index (χ0v) is 17.3. The number of carbonyl (C=O) groups is 1. The Labute approximate surface area is 169 Å². The van der Waals surface area contributed by atoms with Crippen LogP contribution in [0.15, 0.2) is 46.9 Å². The van der Waals surface area contributed by atoms with Gasteiger partial charge in [0.2, 0.25) is 0 Å². The van der Waals surface area contributed by atoms with Gasteiger partial charge in [0, 0.05) is 45.0 Å². The quantitative estimate of drug-likeness (QED) is 0.238. The molecule has 2 rings (SSSR count). The summed E-state index contributed by atoms with van der Waals surface area (Å²) in [6, 6.07) is 9.61. The minimum atomic E-state index is -0.0112. The Morgan fingerprint density at radius 2 is 1.92 bits per heavy atom. The van der Waals surface area contributed by atoms with Crippen LogP contribution in [0, 0.1) is 0 Å². The second-order valence-electron chi connectivity index (χ2n) is 5.08. The van der Waals surface area contributed by atoms with Gasteiger partial charge in [-0.15, -0.1) is 35.3 Å². The normalized spacial score (nSPS) is 10.7. The maximum absolute atomic E-state index is 11.8. The molecule has 0 atom stereocenters. The number of guanidine groups is 1. The molecule has 2 aromatic heterocycles.